The molecule has 0 N–H and O–H groups in total. The van der Waals surface area contributed by atoms with E-state index in [9.17, 15) is 4.79 Å². The summed E-state index contributed by atoms with van der Waals surface area (Å²) in [5, 5.41) is 0.472. The van der Waals surface area contributed by atoms with Gasteiger partial charge in [0, 0.05) is 11.8 Å². The van der Waals surface area contributed by atoms with Gasteiger partial charge in [-0.1, -0.05) is 11.6 Å². The molecule has 0 aliphatic carbocycles. The second kappa shape index (κ2) is 7.61. The monoisotopic (exact) mass is 365 g/mol. The summed E-state index contributed by atoms with van der Waals surface area (Å²) in [7, 11) is 5.98. The van der Waals surface area contributed by atoms with Crippen molar-refractivity contribution in [3.8, 4) is 34.3 Å². The van der Waals surface area contributed by atoms with Crippen LogP contribution in [0.1, 0.15) is 21.5 Å². The van der Waals surface area contributed by atoms with Crippen molar-refractivity contribution in [2.45, 2.75) is 13.8 Å². The lowest BCUT2D eigenvalue weighted by atomic mass is 9.92. The van der Waals surface area contributed by atoms with E-state index >= 15 is 0 Å². The van der Waals surface area contributed by atoms with Crippen LogP contribution >= 0.6 is 11.6 Å². The van der Waals surface area contributed by atoms with E-state index in [1.54, 1.807) is 6.92 Å². The lowest BCUT2D eigenvalue weighted by Crippen LogP contribution is -2.06. The minimum Gasteiger partial charge on any atom is -0.492 e. The van der Waals surface area contributed by atoms with Gasteiger partial charge in [-0.15, -0.1) is 0 Å². The fourth-order valence-electron chi connectivity index (χ4n) is 2.85. The van der Waals surface area contributed by atoms with Crippen LogP contribution in [0, 0.1) is 13.8 Å². The molecule has 0 unspecified atom stereocenters. The van der Waals surface area contributed by atoms with Gasteiger partial charge in [0.05, 0.1) is 44.6 Å². The molecule has 0 atom stereocenters. The second-order valence-corrected chi connectivity index (χ2v) is 5.65. The lowest BCUT2D eigenvalue weighted by molar-refractivity contribution is 0.111. The number of pyridine rings is 1. The van der Waals surface area contributed by atoms with Gasteiger partial charge in [0.1, 0.15) is 0 Å². The van der Waals surface area contributed by atoms with Crippen LogP contribution in [0.15, 0.2) is 6.20 Å². The van der Waals surface area contributed by atoms with Crippen LogP contribution in [0.2, 0.25) is 5.02 Å². The Bertz CT molecular complexity index is 820. The van der Waals surface area contributed by atoms with Gasteiger partial charge < -0.3 is 18.9 Å². The molecule has 0 spiro atoms. The smallest absolute Gasteiger partial charge is 0.221 e. The molecule has 0 aliphatic rings. The molecule has 2 aromatic rings. The quantitative estimate of drug-likeness (QED) is 0.724. The van der Waals surface area contributed by atoms with Crippen LogP contribution in [0.25, 0.3) is 11.1 Å². The van der Waals surface area contributed by atoms with Gasteiger partial charge in [0.2, 0.25) is 11.6 Å². The molecule has 0 aliphatic heterocycles. The average Bonchev–Trinajstić information content (AvgIpc) is 2.62. The maximum absolute atomic E-state index is 11.7. The molecule has 25 heavy (non-hydrogen) atoms. The summed E-state index contributed by atoms with van der Waals surface area (Å²) in [6, 6.07) is 0. The first kappa shape index (κ1) is 18.9. The molecule has 0 saturated heterocycles. The molecule has 1 aromatic heterocycles. The highest BCUT2D eigenvalue weighted by Crippen LogP contribution is 2.51. The number of aromatic nitrogens is 1. The van der Waals surface area contributed by atoms with E-state index in [4.69, 9.17) is 30.5 Å². The van der Waals surface area contributed by atoms with E-state index < -0.39 is 0 Å². The molecule has 6 nitrogen and oxygen atoms in total. The SMILES string of the molecule is COc1ncc(Cl)c(C)c1-c1c(C)c(C=O)c(OC)c(OC)c1OC. The van der Waals surface area contributed by atoms with Crippen molar-refractivity contribution < 1.29 is 23.7 Å². The number of rotatable bonds is 6. The average molecular weight is 366 g/mol. The molecule has 7 heteroatoms. The largest absolute Gasteiger partial charge is 0.492 e. The highest BCUT2D eigenvalue weighted by molar-refractivity contribution is 6.31. The third-order valence-corrected chi connectivity index (χ3v) is 4.46. The minimum atomic E-state index is 0.308. The second-order valence-electron chi connectivity index (χ2n) is 5.25. The van der Waals surface area contributed by atoms with Crippen molar-refractivity contribution in [3.05, 3.63) is 27.9 Å². The summed E-state index contributed by atoms with van der Waals surface area (Å²) in [5.74, 6) is 1.40. The molecule has 0 amide bonds. The molecule has 0 saturated carbocycles. The highest BCUT2D eigenvalue weighted by atomic mass is 35.5. The maximum atomic E-state index is 11.7. The van der Waals surface area contributed by atoms with Gasteiger partial charge in [-0.2, -0.15) is 0 Å². The van der Waals surface area contributed by atoms with Crippen molar-refractivity contribution in [1.82, 2.24) is 4.98 Å². The number of carbonyl (C=O) groups excluding carboxylic acids is 1. The maximum Gasteiger partial charge on any atom is 0.221 e. The van der Waals surface area contributed by atoms with Gasteiger partial charge >= 0.3 is 0 Å². The molecule has 134 valence electrons. The Balaban J connectivity index is 3.06. The molecule has 2 rings (SSSR count). The van der Waals surface area contributed by atoms with Crippen molar-refractivity contribution >= 4 is 17.9 Å². The number of benzene rings is 1. The van der Waals surface area contributed by atoms with Crippen LogP contribution in [0.5, 0.6) is 23.1 Å². The Morgan fingerprint density at radius 3 is 1.96 bits per heavy atom. The van der Waals surface area contributed by atoms with Crippen molar-refractivity contribution in [2.75, 3.05) is 28.4 Å². The fourth-order valence-corrected chi connectivity index (χ4v) is 2.99. The number of halogens is 1. The Morgan fingerprint density at radius 1 is 0.880 bits per heavy atom. The van der Waals surface area contributed by atoms with E-state index in [-0.39, 0.29) is 0 Å². The Morgan fingerprint density at radius 2 is 1.48 bits per heavy atom. The Kier molecular flexibility index (Phi) is 5.74. The zero-order valence-corrected chi connectivity index (χ0v) is 15.8. The van der Waals surface area contributed by atoms with E-state index in [1.807, 2.05) is 6.92 Å². The highest BCUT2D eigenvalue weighted by Gasteiger charge is 2.28. The van der Waals surface area contributed by atoms with Crippen molar-refractivity contribution in [1.29, 1.82) is 0 Å². The van der Waals surface area contributed by atoms with E-state index in [1.165, 1.54) is 34.6 Å². The summed E-state index contributed by atoms with van der Waals surface area (Å²) in [6.07, 6.45) is 2.24. The lowest BCUT2D eigenvalue weighted by Gasteiger charge is -2.22. The molecule has 0 radical (unpaired) electrons. The van der Waals surface area contributed by atoms with Gasteiger partial charge in [-0.05, 0) is 25.0 Å². The number of hydrogen-bond acceptors (Lipinski definition) is 6. The number of ether oxygens (including phenoxy) is 4. The van der Waals surface area contributed by atoms with Gasteiger partial charge in [0.25, 0.3) is 0 Å². The third-order valence-electron chi connectivity index (χ3n) is 4.08. The predicted octanol–water partition coefficient (Wildman–Crippen LogP) is 3.87. The van der Waals surface area contributed by atoms with Crippen LogP contribution in [-0.4, -0.2) is 39.7 Å². The first-order chi connectivity index (χ1) is 12.0. The van der Waals surface area contributed by atoms with Gasteiger partial charge in [-0.3, -0.25) is 4.79 Å². The first-order valence-electron chi connectivity index (χ1n) is 7.43. The number of nitrogens with zero attached hydrogens (tertiary/aromatic N) is 1. The summed E-state index contributed by atoms with van der Waals surface area (Å²) in [5.41, 5.74) is 3.01. The number of carbonyl (C=O) groups is 1. The van der Waals surface area contributed by atoms with Gasteiger partial charge in [-0.25, -0.2) is 4.98 Å². The van der Waals surface area contributed by atoms with Crippen molar-refractivity contribution in [3.63, 3.8) is 0 Å². The van der Waals surface area contributed by atoms with E-state index in [0.29, 0.717) is 50.4 Å². The number of methoxy groups -OCH3 is 4. The molecule has 1 aromatic carbocycles. The summed E-state index contributed by atoms with van der Waals surface area (Å²) in [6.45, 7) is 3.64. The molecule has 0 bridgehead atoms. The first-order valence-corrected chi connectivity index (χ1v) is 7.81. The van der Waals surface area contributed by atoms with E-state index in [2.05, 4.69) is 4.98 Å². The predicted molar refractivity (Wildman–Crippen MR) is 95.8 cm³/mol. The zero-order valence-electron chi connectivity index (χ0n) is 15.0. The fraction of sp³-hybridized carbons (Fsp3) is 0.333. The minimum absolute atomic E-state index is 0.308. The normalized spacial score (nSPS) is 10.4. The molecule has 1 heterocycles. The summed E-state index contributed by atoms with van der Waals surface area (Å²) >= 11 is 6.26. The molecular weight excluding hydrogens is 346 g/mol. The summed E-state index contributed by atoms with van der Waals surface area (Å²) < 4.78 is 21.8. The Labute approximate surface area is 151 Å². The van der Waals surface area contributed by atoms with Crippen LogP contribution in [0.3, 0.4) is 0 Å². The molecule has 0 fully saturated rings. The number of aldehydes is 1. The zero-order chi connectivity index (χ0) is 18.7. The van der Waals surface area contributed by atoms with Crippen LogP contribution < -0.4 is 18.9 Å². The standard InChI is InChI=1S/C18H20ClNO5/c1-9-11(8-21)15(22-3)17(24-5)16(23-4)13(9)14-10(2)12(19)7-20-18(14)25-6/h7-8H,1-6H3. The van der Waals surface area contributed by atoms with E-state index in [0.717, 1.165) is 11.8 Å². The van der Waals surface area contributed by atoms with Crippen LogP contribution in [0.4, 0.5) is 0 Å². The third kappa shape index (κ3) is 2.98. The summed E-state index contributed by atoms with van der Waals surface area (Å²) in [4.78, 5) is 15.9. The van der Waals surface area contributed by atoms with Crippen LogP contribution in [-0.2, 0) is 0 Å². The Hall–Kier alpha value is -2.47. The van der Waals surface area contributed by atoms with Gasteiger partial charge in [0.15, 0.2) is 17.8 Å². The molecular formula is C18H20ClNO5. The van der Waals surface area contributed by atoms with Crippen molar-refractivity contribution in [2.24, 2.45) is 0 Å². The number of hydrogen-bond donors (Lipinski definition) is 0. The topological polar surface area (TPSA) is 66.9 Å².